The number of aromatic carboxylic acids is 1. The zero-order chi connectivity index (χ0) is 14.0. The average Bonchev–Trinajstić information content (AvgIpc) is 2.36. The Morgan fingerprint density at radius 2 is 2.00 bits per heavy atom. The minimum Gasteiger partial charge on any atom is -0.478 e. The monoisotopic (exact) mass is 280 g/mol. The summed E-state index contributed by atoms with van der Waals surface area (Å²) in [7, 11) is 0. The number of hydrogen-bond donors (Lipinski definition) is 1. The van der Waals surface area contributed by atoms with Crippen molar-refractivity contribution in [1.29, 1.82) is 0 Å². The van der Waals surface area contributed by atoms with Gasteiger partial charge in [0, 0.05) is 6.07 Å². The Labute approximate surface area is 114 Å². The van der Waals surface area contributed by atoms with Gasteiger partial charge in [-0.25, -0.2) is 9.18 Å². The Bertz CT molecular complexity index is 641. The summed E-state index contributed by atoms with van der Waals surface area (Å²) in [5.41, 5.74) is 0.576. The molecule has 19 heavy (non-hydrogen) atoms. The van der Waals surface area contributed by atoms with Crippen LogP contribution in [0, 0.1) is 12.7 Å². The number of carboxylic acids is 1. The van der Waals surface area contributed by atoms with E-state index in [1.165, 1.54) is 24.3 Å². The second-order valence-electron chi connectivity index (χ2n) is 3.96. The lowest BCUT2D eigenvalue weighted by atomic mass is 10.2. The predicted molar refractivity (Wildman–Crippen MR) is 69.6 cm³/mol. The van der Waals surface area contributed by atoms with Crippen LogP contribution in [-0.4, -0.2) is 11.1 Å². The number of aryl methyl sites for hydroxylation is 1. The molecule has 0 spiro atoms. The van der Waals surface area contributed by atoms with Gasteiger partial charge in [-0.2, -0.15) is 0 Å². The fourth-order valence-corrected chi connectivity index (χ4v) is 1.70. The zero-order valence-electron chi connectivity index (χ0n) is 9.98. The van der Waals surface area contributed by atoms with Crippen LogP contribution >= 0.6 is 11.6 Å². The molecule has 5 heteroatoms. The van der Waals surface area contributed by atoms with Crippen LogP contribution in [0.5, 0.6) is 11.5 Å². The summed E-state index contributed by atoms with van der Waals surface area (Å²) < 4.78 is 18.8. The van der Waals surface area contributed by atoms with Crippen molar-refractivity contribution in [3.63, 3.8) is 0 Å². The van der Waals surface area contributed by atoms with E-state index in [4.69, 9.17) is 21.4 Å². The highest BCUT2D eigenvalue weighted by Crippen LogP contribution is 2.30. The van der Waals surface area contributed by atoms with Gasteiger partial charge in [0.2, 0.25) is 0 Å². The third-order valence-electron chi connectivity index (χ3n) is 2.55. The van der Waals surface area contributed by atoms with Crippen LogP contribution in [-0.2, 0) is 0 Å². The third-order valence-corrected chi connectivity index (χ3v) is 2.85. The lowest BCUT2D eigenvalue weighted by molar-refractivity contribution is 0.0697. The molecule has 0 aromatic heterocycles. The number of hydrogen-bond acceptors (Lipinski definition) is 2. The number of carbonyl (C=O) groups is 1. The molecule has 0 aliphatic carbocycles. The first-order valence-electron chi connectivity index (χ1n) is 5.44. The van der Waals surface area contributed by atoms with Crippen LogP contribution < -0.4 is 4.74 Å². The lowest BCUT2D eigenvalue weighted by Crippen LogP contribution is -1.96. The molecule has 0 saturated heterocycles. The van der Waals surface area contributed by atoms with E-state index in [1.807, 2.05) is 0 Å². The van der Waals surface area contributed by atoms with Crippen LogP contribution in [0.15, 0.2) is 36.4 Å². The Balaban J connectivity index is 2.28. The minimum absolute atomic E-state index is 0.0624. The molecular weight excluding hydrogens is 271 g/mol. The lowest BCUT2D eigenvalue weighted by Gasteiger charge is -2.08. The summed E-state index contributed by atoms with van der Waals surface area (Å²) in [5.74, 6) is -0.881. The number of rotatable bonds is 3. The molecule has 0 fully saturated rings. The van der Waals surface area contributed by atoms with Crippen LogP contribution in [0.25, 0.3) is 0 Å². The van der Waals surface area contributed by atoms with Crippen molar-refractivity contribution in [2.45, 2.75) is 6.92 Å². The summed E-state index contributed by atoms with van der Waals surface area (Å²) in [4.78, 5) is 10.8. The van der Waals surface area contributed by atoms with Gasteiger partial charge in [0.15, 0.2) is 0 Å². The molecule has 0 bridgehead atoms. The Hall–Kier alpha value is -2.07. The number of benzene rings is 2. The quantitative estimate of drug-likeness (QED) is 0.913. The Morgan fingerprint density at radius 1 is 1.26 bits per heavy atom. The van der Waals surface area contributed by atoms with Crippen molar-refractivity contribution in [1.82, 2.24) is 0 Å². The maximum atomic E-state index is 13.4. The number of carboxylic acid groups (broad SMARTS) is 1. The molecule has 98 valence electrons. The maximum absolute atomic E-state index is 13.4. The normalized spacial score (nSPS) is 10.3. The first kappa shape index (κ1) is 13.4. The van der Waals surface area contributed by atoms with Crippen molar-refractivity contribution >= 4 is 17.6 Å². The molecule has 0 heterocycles. The summed E-state index contributed by atoms with van der Waals surface area (Å²) in [5, 5.41) is 8.96. The van der Waals surface area contributed by atoms with Crippen molar-refractivity contribution in [2.24, 2.45) is 0 Å². The van der Waals surface area contributed by atoms with E-state index in [1.54, 1.807) is 19.1 Å². The third kappa shape index (κ3) is 3.03. The molecule has 2 aromatic carbocycles. The summed E-state index contributed by atoms with van der Waals surface area (Å²) in [6.45, 7) is 1.65. The minimum atomic E-state index is -1.07. The highest BCUT2D eigenvalue weighted by Gasteiger charge is 2.09. The van der Waals surface area contributed by atoms with Gasteiger partial charge in [-0.3, -0.25) is 0 Å². The van der Waals surface area contributed by atoms with Crippen molar-refractivity contribution in [2.75, 3.05) is 0 Å². The molecule has 0 radical (unpaired) electrons. The highest BCUT2D eigenvalue weighted by atomic mass is 35.5. The highest BCUT2D eigenvalue weighted by molar-refractivity contribution is 6.32. The van der Waals surface area contributed by atoms with Gasteiger partial charge in [0.25, 0.3) is 0 Å². The van der Waals surface area contributed by atoms with Crippen LogP contribution in [0.2, 0.25) is 5.02 Å². The predicted octanol–water partition coefficient (Wildman–Crippen LogP) is 4.28. The van der Waals surface area contributed by atoms with E-state index >= 15 is 0 Å². The van der Waals surface area contributed by atoms with Crippen LogP contribution in [0.4, 0.5) is 4.39 Å². The molecule has 0 atom stereocenters. The molecule has 0 saturated carbocycles. The zero-order valence-corrected chi connectivity index (χ0v) is 10.7. The summed E-state index contributed by atoms with van der Waals surface area (Å²) in [6.07, 6.45) is 0. The smallest absolute Gasteiger partial charge is 0.335 e. The first-order chi connectivity index (χ1) is 8.97. The Morgan fingerprint density at radius 3 is 2.58 bits per heavy atom. The summed E-state index contributed by atoms with van der Waals surface area (Å²) in [6, 6.07) is 8.53. The fraction of sp³-hybridized carbons (Fsp3) is 0.0714. The molecule has 0 unspecified atom stereocenters. The molecule has 0 aliphatic heterocycles. The number of halogens is 2. The largest absolute Gasteiger partial charge is 0.478 e. The molecule has 0 amide bonds. The molecular formula is C14H10ClFO3. The van der Waals surface area contributed by atoms with Crippen LogP contribution in [0.1, 0.15) is 15.9 Å². The first-order valence-corrected chi connectivity index (χ1v) is 5.82. The van der Waals surface area contributed by atoms with Gasteiger partial charge in [-0.1, -0.05) is 17.7 Å². The van der Waals surface area contributed by atoms with E-state index in [9.17, 15) is 9.18 Å². The van der Waals surface area contributed by atoms with Gasteiger partial charge in [0.1, 0.15) is 17.3 Å². The molecule has 2 aromatic rings. The van der Waals surface area contributed by atoms with Gasteiger partial charge in [-0.15, -0.1) is 0 Å². The topological polar surface area (TPSA) is 46.5 Å². The van der Waals surface area contributed by atoms with Gasteiger partial charge < -0.3 is 9.84 Å². The van der Waals surface area contributed by atoms with E-state index in [0.29, 0.717) is 11.3 Å². The van der Waals surface area contributed by atoms with E-state index in [-0.39, 0.29) is 22.2 Å². The van der Waals surface area contributed by atoms with E-state index in [2.05, 4.69) is 0 Å². The molecule has 1 N–H and O–H groups in total. The second-order valence-corrected chi connectivity index (χ2v) is 4.37. The van der Waals surface area contributed by atoms with Gasteiger partial charge in [0.05, 0.1) is 10.6 Å². The molecule has 0 aliphatic rings. The Kier molecular flexibility index (Phi) is 3.71. The van der Waals surface area contributed by atoms with E-state index < -0.39 is 5.97 Å². The SMILES string of the molecule is Cc1ccc(Oc2ccc(C(=O)O)cc2Cl)cc1F. The number of ether oxygens (including phenoxy) is 1. The van der Waals surface area contributed by atoms with Gasteiger partial charge in [-0.05, 0) is 36.8 Å². The molecule has 3 nitrogen and oxygen atoms in total. The van der Waals surface area contributed by atoms with Crippen LogP contribution in [0.3, 0.4) is 0 Å². The van der Waals surface area contributed by atoms with Crippen molar-refractivity contribution < 1.29 is 19.0 Å². The van der Waals surface area contributed by atoms with E-state index in [0.717, 1.165) is 0 Å². The van der Waals surface area contributed by atoms with Gasteiger partial charge >= 0.3 is 5.97 Å². The molecule has 2 rings (SSSR count). The van der Waals surface area contributed by atoms with Crippen molar-refractivity contribution in [3.8, 4) is 11.5 Å². The maximum Gasteiger partial charge on any atom is 0.335 e. The standard InChI is InChI=1S/C14H10ClFO3/c1-8-2-4-10(7-12(8)16)19-13-5-3-9(14(17)18)6-11(13)15/h2-7H,1H3,(H,17,18). The second kappa shape index (κ2) is 5.28. The van der Waals surface area contributed by atoms with Crippen molar-refractivity contribution in [3.05, 3.63) is 58.4 Å². The summed E-state index contributed by atoms with van der Waals surface area (Å²) >= 11 is 5.91. The average molecular weight is 281 g/mol. The fourth-order valence-electron chi connectivity index (χ4n) is 1.48.